The summed E-state index contributed by atoms with van der Waals surface area (Å²) in [6, 6.07) is 16.4. The van der Waals surface area contributed by atoms with E-state index in [0.717, 1.165) is 41.2 Å². The zero-order valence-corrected chi connectivity index (χ0v) is 20.5. The summed E-state index contributed by atoms with van der Waals surface area (Å²) >= 11 is 0. The van der Waals surface area contributed by atoms with Crippen molar-refractivity contribution >= 4 is 17.3 Å². The monoisotopic (exact) mass is 468 g/mol. The average molecular weight is 469 g/mol. The Kier molecular flexibility index (Phi) is 6.31. The van der Waals surface area contributed by atoms with Gasteiger partial charge in [0.1, 0.15) is 0 Å². The molecule has 2 N–H and O–H groups in total. The smallest absolute Gasteiger partial charge is 0.224 e. The lowest BCUT2D eigenvalue weighted by Crippen LogP contribution is -2.51. The molecule has 1 fully saturated rings. The van der Waals surface area contributed by atoms with E-state index in [1.807, 2.05) is 47.1 Å². The Morgan fingerprint density at radius 3 is 2.60 bits per heavy atom. The number of carbonyl (C=O) groups excluding carboxylic acids is 1. The third-order valence-electron chi connectivity index (χ3n) is 7.32. The Labute approximate surface area is 206 Å². The van der Waals surface area contributed by atoms with Crippen LogP contribution in [0.3, 0.4) is 0 Å². The van der Waals surface area contributed by atoms with E-state index in [9.17, 15) is 10.1 Å². The zero-order valence-electron chi connectivity index (χ0n) is 20.5. The van der Waals surface area contributed by atoms with Gasteiger partial charge in [0.25, 0.3) is 0 Å². The van der Waals surface area contributed by atoms with Gasteiger partial charge in [-0.05, 0) is 73.3 Å². The van der Waals surface area contributed by atoms with Crippen molar-refractivity contribution in [3.05, 3.63) is 66.0 Å². The predicted molar refractivity (Wildman–Crippen MR) is 138 cm³/mol. The third kappa shape index (κ3) is 4.54. The lowest BCUT2D eigenvalue weighted by atomic mass is 9.79. The summed E-state index contributed by atoms with van der Waals surface area (Å²) < 4.78 is 1.95. The van der Waals surface area contributed by atoms with Gasteiger partial charge < -0.3 is 15.5 Å². The Hall–Kier alpha value is -3.63. The van der Waals surface area contributed by atoms with E-state index in [2.05, 4.69) is 53.1 Å². The standard InChI is InChI=1S/C28H32N6O/c1-18-27(32-24-9-4-20(15-29)5-10-24)25-14-22(23-16-31-33(17-23)13-12-30-3)8-11-26(25)34(19(2)35)28(18)21-6-7-21/h4-5,8-11,14,16-18,21,27-28,30,32H,6-7,12-13H2,1-3H3/t18-,27-,28?/m1/s1. The lowest BCUT2D eigenvalue weighted by Gasteiger charge is -2.46. The van der Waals surface area contributed by atoms with Crippen molar-refractivity contribution in [1.29, 1.82) is 5.26 Å². The maximum absolute atomic E-state index is 12.9. The summed E-state index contributed by atoms with van der Waals surface area (Å²) in [6.07, 6.45) is 6.32. The highest BCUT2D eigenvalue weighted by Crippen LogP contribution is 2.50. The molecule has 35 heavy (non-hydrogen) atoms. The van der Waals surface area contributed by atoms with Crippen LogP contribution in [-0.4, -0.2) is 35.3 Å². The quantitative estimate of drug-likeness (QED) is 0.530. The molecule has 5 rings (SSSR count). The van der Waals surface area contributed by atoms with E-state index in [1.165, 1.54) is 12.8 Å². The summed E-state index contributed by atoms with van der Waals surface area (Å²) in [5.41, 5.74) is 5.88. The van der Waals surface area contributed by atoms with Crippen LogP contribution in [0.5, 0.6) is 0 Å². The number of carbonyl (C=O) groups is 1. The molecule has 1 aromatic heterocycles. The fourth-order valence-electron chi connectivity index (χ4n) is 5.43. The molecule has 2 aromatic carbocycles. The number of aromatic nitrogens is 2. The molecule has 0 spiro atoms. The Balaban J connectivity index is 1.56. The van der Waals surface area contributed by atoms with Gasteiger partial charge in [-0.25, -0.2) is 0 Å². The molecule has 1 aliphatic carbocycles. The highest BCUT2D eigenvalue weighted by molar-refractivity contribution is 5.94. The maximum atomic E-state index is 12.9. The molecule has 3 atom stereocenters. The number of rotatable bonds is 7. The van der Waals surface area contributed by atoms with Gasteiger partial charge in [0.15, 0.2) is 0 Å². The van der Waals surface area contributed by atoms with Crippen LogP contribution in [0.4, 0.5) is 11.4 Å². The molecule has 1 amide bonds. The largest absolute Gasteiger partial charge is 0.378 e. The molecule has 0 bridgehead atoms. The van der Waals surface area contributed by atoms with Crippen LogP contribution in [0.15, 0.2) is 54.9 Å². The van der Waals surface area contributed by atoms with Gasteiger partial charge >= 0.3 is 0 Å². The molecule has 1 saturated carbocycles. The van der Waals surface area contributed by atoms with Crippen molar-refractivity contribution in [2.75, 3.05) is 23.8 Å². The van der Waals surface area contributed by atoms with Crippen LogP contribution in [-0.2, 0) is 11.3 Å². The number of hydrogen-bond acceptors (Lipinski definition) is 5. The highest BCUT2D eigenvalue weighted by Gasteiger charge is 2.47. The van der Waals surface area contributed by atoms with Crippen LogP contribution >= 0.6 is 0 Å². The third-order valence-corrected chi connectivity index (χ3v) is 7.32. The summed E-state index contributed by atoms with van der Waals surface area (Å²) in [6.45, 7) is 5.60. The summed E-state index contributed by atoms with van der Waals surface area (Å²) in [5, 5.41) is 20.6. The summed E-state index contributed by atoms with van der Waals surface area (Å²) in [5.74, 6) is 0.861. The number of likely N-dealkylation sites (N-methyl/N-ethyl adjacent to an activating group) is 1. The molecule has 1 aliphatic heterocycles. The summed E-state index contributed by atoms with van der Waals surface area (Å²) in [4.78, 5) is 14.9. The molecule has 1 unspecified atom stereocenters. The van der Waals surface area contributed by atoms with Gasteiger partial charge in [-0.2, -0.15) is 10.4 Å². The van der Waals surface area contributed by atoms with Crippen molar-refractivity contribution in [2.24, 2.45) is 11.8 Å². The molecule has 2 heterocycles. The molecule has 7 heteroatoms. The number of hydrogen-bond donors (Lipinski definition) is 2. The van der Waals surface area contributed by atoms with E-state index >= 15 is 0 Å². The van der Waals surface area contributed by atoms with Crippen LogP contribution in [0, 0.1) is 23.2 Å². The maximum Gasteiger partial charge on any atom is 0.224 e. The summed E-state index contributed by atoms with van der Waals surface area (Å²) in [7, 11) is 1.94. The van der Waals surface area contributed by atoms with Gasteiger partial charge in [-0.3, -0.25) is 9.48 Å². The second-order valence-corrected chi connectivity index (χ2v) is 9.76. The number of nitrogens with zero attached hydrogens (tertiary/aromatic N) is 4. The Morgan fingerprint density at radius 1 is 1.17 bits per heavy atom. The molecule has 180 valence electrons. The Morgan fingerprint density at radius 2 is 1.94 bits per heavy atom. The SMILES string of the molecule is CNCCn1cc(-c2ccc3c(c2)[C@H](Nc2ccc(C#N)cc2)[C@@H](C)C(C2CC2)N3C(C)=O)cn1. The van der Waals surface area contributed by atoms with E-state index in [1.54, 1.807) is 6.92 Å². The number of nitriles is 1. The zero-order chi connectivity index (χ0) is 24.5. The van der Waals surface area contributed by atoms with Crippen LogP contribution in [0.25, 0.3) is 11.1 Å². The first-order valence-corrected chi connectivity index (χ1v) is 12.4. The van der Waals surface area contributed by atoms with Crippen LogP contribution in [0.2, 0.25) is 0 Å². The van der Waals surface area contributed by atoms with Gasteiger partial charge in [0.2, 0.25) is 5.91 Å². The van der Waals surface area contributed by atoms with E-state index in [4.69, 9.17) is 0 Å². The predicted octanol–water partition coefficient (Wildman–Crippen LogP) is 4.58. The topological polar surface area (TPSA) is 86.0 Å². The minimum absolute atomic E-state index is 0.0402. The van der Waals surface area contributed by atoms with Gasteiger partial charge in [-0.15, -0.1) is 0 Å². The lowest BCUT2D eigenvalue weighted by molar-refractivity contribution is -0.117. The molecular formula is C28H32N6O. The van der Waals surface area contributed by atoms with Gasteiger partial charge in [0.05, 0.1) is 30.4 Å². The average Bonchev–Trinajstić information content (AvgIpc) is 3.60. The minimum Gasteiger partial charge on any atom is -0.378 e. The van der Waals surface area contributed by atoms with E-state index in [-0.39, 0.29) is 23.9 Å². The molecule has 7 nitrogen and oxygen atoms in total. The second-order valence-electron chi connectivity index (χ2n) is 9.76. The number of amides is 1. The van der Waals surface area contributed by atoms with Crippen LogP contribution < -0.4 is 15.5 Å². The first kappa shape index (κ1) is 23.1. The van der Waals surface area contributed by atoms with Crippen molar-refractivity contribution < 1.29 is 4.79 Å². The van der Waals surface area contributed by atoms with Crippen molar-refractivity contribution in [3.63, 3.8) is 0 Å². The Bertz CT molecular complexity index is 1250. The normalized spacial score (nSPS) is 21.3. The van der Waals surface area contributed by atoms with Crippen molar-refractivity contribution in [2.45, 2.75) is 45.3 Å². The van der Waals surface area contributed by atoms with E-state index in [0.29, 0.717) is 11.5 Å². The molecule has 0 saturated heterocycles. The molecule has 0 radical (unpaired) electrons. The highest BCUT2D eigenvalue weighted by atomic mass is 16.2. The number of fused-ring (bicyclic) bond motifs is 1. The molecular weight excluding hydrogens is 436 g/mol. The first-order valence-electron chi connectivity index (χ1n) is 12.4. The minimum atomic E-state index is 0.0402. The fourth-order valence-corrected chi connectivity index (χ4v) is 5.43. The fraction of sp³-hybridized carbons (Fsp3) is 0.393. The van der Waals surface area contributed by atoms with Gasteiger partial charge in [0, 0.05) is 48.6 Å². The van der Waals surface area contributed by atoms with Gasteiger partial charge in [-0.1, -0.05) is 13.0 Å². The molecule has 3 aromatic rings. The molecule has 2 aliphatic rings. The van der Waals surface area contributed by atoms with Crippen LogP contribution in [0.1, 0.15) is 43.9 Å². The van der Waals surface area contributed by atoms with E-state index < -0.39 is 0 Å². The van der Waals surface area contributed by atoms with Crippen molar-refractivity contribution in [1.82, 2.24) is 15.1 Å². The number of benzene rings is 2. The first-order chi connectivity index (χ1) is 17.0. The van der Waals surface area contributed by atoms with Crippen molar-refractivity contribution in [3.8, 4) is 17.2 Å². The number of anilines is 2. The second kappa shape index (κ2) is 9.55. The number of nitrogens with one attached hydrogen (secondary N) is 2.